The van der Waals surface area contributed by atoms with E-state index in [1.807, 2.05) is 0 Å². The molecule has 0 fully saturated rings. The second kappa shape index (κ2) is 11.7. The van der Waals surface area contributed by atoms with Crippen molar-refractivity contribution in [1.29, 1.82) is 0 Å². The van der Waals surface area contributed by atoms with E-state index in [1.54, 1.807) is 0 Å². The molecule has 1 aliphatic heterocycles. The third kappa shape index (κ3) is 4.44. The van der Waals surface area contributed by atoms with E-state index in [9.17, 15) is 0 Å². The SMILES string of the molecule is C[Si]1(C)c2ccccc2C2(c3ccccc3-c3c(-c4cc(-c5ccccc5)nc(-c5cccc(-c6ccccc6)c5)c4)cccc32)c2ccccc21. The van der Waals surface area contributed by atoms with E-state index in [2.05, 4.69) is 201 Å². The van der Waals surface area contributed by atoms with Gasteiger partial charge in [-0.25, -0.2) is 4.98 Å². The molecule has 1 aliphatic carbocycles. The molecule has 10 rings (SSSR count). The van der Waals surface area contributed by atoms with Crippen molar-refractivity contribution in [3.63, 3.8) is 0 Å². The van der Waals surface area contributed by atoms with Gasteiger partial charge >= 0.3 is 0 Å². The van der Waals surface area contributed by atoms with Crippen molar-refractivity contribution in [3.05, 3.63) is 210 Å². The molecule has 0 bridgehead atoms. The Balaban J connectivity index is 1.26. The Morgan fingerprint density at radius 2 is 0.846 bits per heavy atom. The minimum atomic E-state index is -1.97. The van der Waals surface area contributed by atoms with Crippen molar-refractivity contribution < 1.29 is 0 Å². The first-order chi connectivity index (χ1) is 25.5. The van der Waals surface area contributed by atoms with Gasteiger partial charge in [-0.2, -0.15) is 0 Å². The first kappa shape index (κ1) is 30.7. The van der Waals surface area contributed by atoms with E-state index in [-0.39, 0.29) is 0 Å². The van der Waals surface area contributed by atoms with Crippen molar-refractivity contribution in [2.24, 2.45) is 0 Å². The summed E-state index contributed by atoms with van der Waals surface area (Å²) >= 11 is 0. The summed E-state index contributed by atoms with van der Waals surface area (Å²) in [6.07, 6.45) is 0. The van der Waals surface area contributed by atoms with Crippen LogP contribution in [0, 0.1) is 0 Å². The molecule has 0 saturated carbocycles. The summed E-state index contributed by atoms with van der Waals surface area (Å²) in [6.45, 7) is 5.04. The van der Waals surface area contributed by atoms with Gasteiger partial charge in [-0.1, -0.05) is 183 Å². The highest BCUT2D eigenvalue weighted by molar-refractivity contribution is 7.01. The van der Waals surface area contributed by atoms with Crippen LogP contribution >= 0.6 is 0 Å². The highest BCUT2D eigenvalue weighted by Crippen LogP contribution is 2.59. The average molecular weight is 680 g/mol. The second-order valence-electron chi connectivity index (χ2n) is 14.7. The van der Waals surface area contributed by atoms with Crippen LogP contribution in [0.5, 0.6) is 0 Å². The van der Waals surface area contributed by atoms with Crippen LogP contribution in [-0.2, 0) is 5.41 Å². The Kier molecular flexibility index (Phi) is 6.93. The van der Waals surface area contributed by atoms with Crippen molar-refractivity contribution in [2.75, 3.05) is 0 Å². The number of hydrogen-bond acceptors (Lipinski definition) is 1. The molecule has 8 aromatic rings. The van der Waals surface area contributed by atoms with E-state index in [0.717, 1.165) is 22.5 Å². The minimum Gasteiger partial charge on any atom is -0.248 e. The number of pyridine rings is 1. The molecule has 1 spiro atoms. The number of rotatable bonds is 4. The van der Waals surface area contributed by atoms with Gasteiger partial charge in [0.25, 0.3) is 0 Å². The zero-order valence-electron chi connectivity index (χ0n) is 29.3. The first-order valence-corrected chi connectivity index (χ1v) is 21.2. The van der Waals surface area contributed by atoms with Gasteiger partial charge in [0.05, 0.1) is 16.8 Å². The fourth-order valence-electron chi connectivity index (χ4n) is 9.23. The molecule has 0 unspecified atom stereocenters. The Morgan fingerprint density at radius 3 is 1.54 bits per heavy atom. The van der Waals surface area contributed by atoms with Crippen molar-refractivity contribution in [1.82, 2.24) is 4.98 Å². The van der Waals surface area contributed by atoms with E-state index >= 15 is 0 Å². The summed E-state index contributed by atoms with van der Waals surface area (Å²) in [5.41, 5.74) is 16.8. The molecule has 246 valence electrons. The van der Waals surface area contributed by atoms with Gasteiger partial charge in [0, 0.05) is 11.1 Å². The number of fused-ring (bicyclic) bond motifs is 9. The van der Waals surface area contributed by atoms with E-state index < -0.39 is 13.5 Å². The second-order valence-corrected chi connectivity index (χ2v) is 19.0. The summed E-state index contributed by atoms with van der Waals surface area (Å²) < 4.78 is 0. The van der Waals surface area contributed by atoms with Gasteiger partial charge in [0.1, 0.15) is 8.07 Å². The van der Waals surface area contributed by atoms with Gasteiger partial charge < -0.3 is 0 Å². The summed E-state index contributed by atoms with van der Waals surface area (Å²) in [6, 6.07) is 69.4. The molecule has 1 aromatic heterocycles. The monoisotopic (exact) mass is 679 g/mol. The lowest BCUT2D eigenvalue weighted by molar-refractivity contribution is 0.773. The number of benzene rings is 7. The normalized spacial score (nSPS) is 14.3. The highest BCUT2D eigenvalue weighted by Gasteiger charge is 2.54. The molecule has 2 heteroatoms. The lowest BCUT2D eigenvalue weighted by atomic mass is 9.67. The van der Waals surface area contributed by atoms with E-state index in [0.29, 0.717) is 0 Å². The smallest absolute Gasteiger partial charge is 0.113 e. The van der Waals surface area contributed by atoms with Crippen LogP contribution in [0.4, 0.5) is 0 Å². The summed E-state index contributed by atoms with van der Waals surface area (Å²) in [5.74, 6) is 0. The molecule has 0 saturated heterocycles. The maximum absolute atomic E-state index is 5.34. The Morgan fingerprint density at radius 1 is 0.365 bits per heavy atom. The fraction of sp³-hybridized carbons (Fsp3) is 0.0600. The third-order valence-corrected chi connectivity index (χ3v) is 15.1. The summed E-state index contributed by atoms with van der Waals surface area (Å²) in [5, 5.41) is 3.05. The van der Waals surface area contributed by atoms with Crippen LogP contribution in [0.25, 0.3) is 55.9 Å². The lowest BCUT2D eigenvalue weighted by Gasteiger charge is -2.45. The molecule has 0 atom stereocenters. The number of aromatic nitrogens is 1. The van der Waals surface area contributed by atoms with Crippen LogP contribution in [0.1, 0.15) is 22.3 Å². The van der Waals surface area contributed by atoms with Gasteiger partial charge in [-0.3, -0.25) is 0 Å². The minimum absolute atomic E-state index is 0.403. The molecule has 0 radical (unpaired) electrons. The summed E-state index contributed by atoms with van der Waals surface area (Å²) in [7, 11) is -1.97. The fourth-order valence-corrected chi connectivity index (χ4v) is 12.4. The van der Waals surface area contributed by atoms with Gasteiger partial charge in [0.15, 0.2) is 0 Å². The highest BCUT2D eigenvalue weighted by atomic mass is 28.3. The van der Waals surface area contributed by atoms with Gasteiger partial charge in [0.2, 0.25) is 0 Å². The van der Waals surface area contributed by atoms with Crippen molar-refractivity contribution in [2.45, 2.75) is 18.5 Å². The molecule has 1 nitrogen and oxygen atoms in total. The topological polar surface area (TPSA) is 12.9 Å². The largest absolute Gasteiger partial charge is 0.248 e. The van der Waals surface area contributed by atoms with Crippen molar-refractivity contribution >= 4 is 18.4 Å². The Bertz CT molecular complexity index is 2610. The zero-order chi connectivity index (χ0) is 34.9. The number of nitrogens with zero attached hydrogens (tertiary/aromatic N) is 1. The van der Waals surface area contributed by atoms with Crippen LogP contribution in [0.3, 0.4) is 0 Å². The standard InChI is InChI=1S/C50H37NSi/c1-52(2)47-29-13-11-26-42(47)50(43-27-12-14-30-48(43)52)41-25-10-9-23-40(41)49-39(24-16-28-44(49)50)38-32-45(35-19-7-4-8-20-35)51-46(33-38)37-22-15-21-36(31-37)34-17-5-3-6-18-34/h3-33H,1-2H3. The molecule has 7 aromatic carbocycles. The Hall–Kier alpha value is -6.09. The third-order valence-electron chi connectivity index (χ3n) is 11.5. The lowest BCUT2D eigenvalue weighted by Crippen LogP contribution is -2.63. The van der Waals surface area contributed by atoms with Crippen LogP contribution in [0.2, 0.25) is 13.1 Å². The number of hydrogen-bond donors (Lipinski definition) is 0. The van der Waals surface area contributed by atoms with Crippen LogP contribution < -0.4 is 10.4 Å². The maximum atomic E-state index is 5.34. The van der Waals surface area contributed by atoms with Crippen LogP contribution in [0.15, 0.2) is 188 Å². The predicted molar refractivity (Wildman–Crippen MR) is 220 cm³/mol. The summed E-state index contributed by atoms with van der Waals surface area (Å²) in [4.78, 5) is 5.34. The molecule has 2 aliphatic rings. The molecule has 52 heavy (non-hydrogen) atoms. The Labute approximate surface area is 307 Å². The van der Waals surface area contributed by atoms with Crippen molar-refractivity contribution in [3.8, 4) is 55.9 Å². The molecule has 0 amide bonds. The maximum Gasteiger partial charge on any atom is 0.113 e. The van der Waals surface area contributed by atoms with Crippen LogP contribution in [-0.4, -0.2) is 13.1 Å². The average Bonchev–Trinajstić information content (AvgIpc) is 3.52. The molecule has 2 heterocycles. The molecular weight excluding hydrogens is 643 g/mol. The molecule has 0 N–H and O–H groups in total. The quantitative estimate of drug-likeness (QED) is 0.169. The van der Waals surface area contributed by atoms with Gasteiger partial charge in [-0.15, -0.1) is 0 Å². The molecular formula is C50H37NSi. The first-order valence-electron chi connectivity index (χ1n) is 18.2. The van der Waals surface area contributed by atoms with E-state index in [4.69, 9.17) is 4.98 Å². The van der Waals surface area contributed by atoms with Gasteiger partial charge in [-0.05, 0) is 84.2 Å². The predicted octanol–water partition coefficient (Wildman–Crippen LogP) is 11.2. The van der Waals surface area contributed by atoms with E-state index in [1.165, 1.54) is 66.0 Å². The zero-order valence-corrected chi connectivity index (χ0v) is 30.3.